The number of ether oxygens (including phenoxy) is 2. The first kappa shape index (κ1) is 14.2. The minimum absolute atomic E-state index is 0.608. The Morgan fingerprint density at radius 3 is 2.55 bits per heavy atom. The fourth-order valence-electron chi connectivity index (χ4n) is 2.76. The van der Waals surface area contributed by atoms with Gasteiger partial charge in [-0.25, -0.2) is 0 Å². The smallest absolute Gasteiger partial charge is 0.162 e. The molecule has 1 N–H and O–H groups in total. The molecule has 1 aliphatic heterocycles. The van der Waals surface area contributed by atoms with Gasteiger partial charge in [0, 0.05) is 4.47 Å². The molecule has 2 aliphatic rings. The highest BCUT2D eigenvalue weighted by molar-refractivity contribution is 9.10. The highest BCUT2D eigenvalue weighted by Crippen LogP contribution is 2.40. The molecular formula is C16H22BrNO2. The number of hydrogen-bond donors (Lipinski definition) is 1. The van der Waals surface area contributed by atoms with E-state index in [1.165, 1.54) is 31.2 Å². The molecule has 0 amide bonds. The van der Waals surface area contributed by atoms with Crippen LogP contribution in [-0.4, -0.2) is 26.8 Å². The maximum absolute atomic E-state index is 5.91. The fraction of sp³-hybridized carbons (Fsp3) is 0.625. The molecule has 1 aromatic carbocycles. The molecule has 1 saturated carbocycles. The second-order valence-electron chi connectivity index (χ2n) is 5.80. The van der Waals surface area contributed by atoms with Gasteiger partial charge in [0.05, 0.1) is 13.7 Å². The van der Waals surface area contributed by atoms with Crippen LogP contribution in [0.2, 0.25) is 0 Å². The van der Waals surface area contributed by atoms with Gasteiger partial charge in [0.1, 0.15) is 0 Å². The minimum atomic E-state index is 0.608. The summed E-state index contributed by atoms with van der Waals surface area (Å²) in [5.41, 5.74) is 1.35. The van der Waals surface area contributed by atoms with Gasteiger partial charge in [0.2, 0.25) is 0 Å². The third-order valence-corrected chi connectivity index (χ3v) is 4.92. The van der Waals surface area contributed by atoms with E-state index in [1.54, 1.807) is 7.11 Å². The Morgan fingerprint density at radius 1 is 1.15 bits per heavy atom. The Balaban J connectivity index is 1.79. The molecule has 0 bridgehead atoms. The zero-order chi connectivity index (χ0) is 13.9. The molecular weight excluding hydrogens is 318 g/mol. The largest absolute Gasteiger partial charge is 0.493 e. The molecule has 1 heterocycles. The van der Waals surface area contributed by atoms with Crippen molar-refractivity contribution in [3.8, 4) is 11.5 Å². The summed E-state index contributed by atoms with van der Waals surface area (Å²) in [5, 5.41) is 3.41. The molecule has 4 heteroatoms. The molecule has 3 nitrogen and oxygen atoms in total. The lowest BCUT2D eigenvalue weighted by Crippen LogP contribution is -2.26. The summed E-state index contributed by atoms with van der Waals surface area (Å²) in [6.45, 7) is 3.01. The van der Waals surface area contributed by atoms with Crippen LogP contribution in [0, 0.1) is 5.92 Å². The van der Waals surface area contributed by atoms with Crippen molar-refractivity contribution in [1.82, 2.24) is 5.32 Å². The standard InChI is InChI=1S/C16H22BrNO2/c1-19-15-8-13(12-4-6-18-7-5-12)14(17)9-16(15)20-10-11-2-3-11/h8-9,11-12,18H,2-7,10H2,1H3. The molecule has 1 saturated heterocycles. The van der Waals surface area contributed by atoms with Crippen LogP contribution in [0.15, 0.2) is 16.6 Å². The zero-order valence-electron chi connectivity index (χ0n) is 12.0. The fourth-order valence-corrected chi connectivity index (χ4v) is 3.41. The summed E-state index contributed by atoms with van der Waals surface area (Å²) in [4.78, 5) is 0. The molecule has 3 rings (SSSR count). The lowest BCUT2D eigenvalue weighted by molar-refractivity contribution is 0.279. The summed E-state index contributed by atoms with van der Waals surface area (Å²) >= 11 is 3.71. The molecule has 0 radical (unpaired) electrons. The average Bonchev–Trinajstić information content (AvgIpc) is 3.30. The number of nitrogens with one attached hydrogen (secondary N) is 1. The van der Waals surface area contributed by atoms with Crippen molar-refractivity contribution in [2.45, 2.75) is 31.6 Å². The zero-order valence-corrected chi connectivity index (χ0v) is 13.5. The summed E-state index contributed by atoms with van der Waals surface area (Å²) in [6, 6.07) is 4.24. The van der Waals surface area contributed by atoms with E-state index < -0.39 is 0 Å². The monoisotopic (exact) mass is 339 g/mol. The van der Waals surface area contributed by atoms with Crippen molar-refractivity contribution in [2.75, 3.05) is 26.8 Å². The topological polar surface area (TPSA) is 30.5 Å². The maximum Gasteiger partial charge on any atom is 0.162 e. The maximum atomic E-state index is 5.91. The van der Waals surface area contributed by atoms with Crippen LogP contribution >= 0.6 is 15.9 Å². The number of halogens is 1. The Kier molecular flexibility index (Phi) is 4.51. The second-order valence-corrected chi connectivity index (χ2v) is 6.66. The van der Waals surface area contributed by atoms with Crippen LogP contribution in [0.1, 0.15) is 37.2 Å². The number of rotatable bonds is 5. The van der Waals surface area contributed by atoms with Crippen LogP contribution in [0.4, 0.5) is 0 Å². The third kappa shape index (κ3) is 3.29. The Labute approximate surface area is 129 Å². The highest BCUT2D eigenvalue weighted by atomic mass is 79.9. The van der Waals surface area contributed by atoms with E-state index in [4.69, 9.17) is 9.47 Å². The summed E-state index contributed by atoms with van der Waals surface area (Å²) in [7, 11) is 1.72. The van der Waals surface area contributed by atoms with E-state index in [0.717, 1.165) is 41.6 Å². The molecule has 0 unspecified atom stereocenters. The van der Waals surface area contributed by atoms with Crippen LogP contribution < -0.4 is 14.8 Å². The SMILES string of the molecule is COc1cc(C2CCNCC2)c(Br)cc1OCC1CC1. The summed E-state index contributed by atoms with van der Waals surface area (Å²) < 4.78 is 12.6. The molecule has 0 aromatic heterocycles. The van der Waals surface area contributed by atoms with Crippen LogP contribution in [-0.2, 0) is 0 Å². The highest BCUT2D eigenvalue weighted by Gasteiger charge is 2.24. The molecule has 20 heavy (non-hydrogen) atoms. The first-order chi connectivity index (χ1) is 9.78. The first-order valence-corrected chi connectivity index (χ1v) is 8.28. The molecule has 2 fully saturated rings. The second kappa shape index (κ2) is 6.35. The van der Waals surface area contributed by atoms with Gasteiger partial charge in [-0.15, -0.1) is 0 Å². The molecule has 0 spiro atoms. The van der Waals surface area contributed by atoms with Crippen molar-refractivity contribution in [3.05, 3.63) is 22.2 Å². The molecule has 1 aromatic rings. The Hall–Kier alpha value is -0.740. The lowest BCUT2D eigenvalue weighted by Gasteiger charge is -2.25. The quantitative estimate of drug-likeness (QED) is 0.886. The normalized spacial score (nSPS) is 19.9. The molecule has 110 valence electrons. The number of hydrogen-bond acceptors (Lipinski definition) is 3. The van der Waals surface area contributed by atoms with Gasteiger partial charge in [0.25, 0.3) is 0 Å². The van der Waals surface area contributed by atoms with E-state index in [0.29, 0.717) is 5.92 Å². The van der Waals surface area contributed by atoms with Gasteiger partial charge < -0.3 is 14.8 Å². The Bertz CT molecular complexity index is 468. The number of benzene rings is 1. The van der Waals surface area contributed by atoms with E-state index in [2.05, 4.69) is 33.4 Å². The van der Waals surface area contributed by atoms with Crippen molar-refractivity contribution >= 4 is 15.9 Å². The van der Waals surface area contributed by atoms with E-state index in [1.807, 2.05) is 0 Å². The lowest BCUT2D eigenvalue weighted by atomic mass is 9.90. The number of methoxy groups -OCH3 is 1. The van der Waals surface area contributed by atoms with Gasteiger partial charge in [-0.1, -0.05) is 15.9 Å². The molecule has 1 aliphatic carbocycles. The van der Waals surface area contributed by atoms with Gasteiger partial charge in [-0.3, -0.25) is 0 Å². The summed E-state index contributed by atoms with van der Waals surface area (Å²) in [6.07, 6.45) is 4.97. The van der Waals surface area contributed by atoms with Crippen molar-refractivity contribution < 1.29 is 9.47 Å². The van der Waals surface area contributed by atoms with Crippen molar-refractivity contribution in [2.24, 2.45) is 5.92 Å². The van der Waals surface area contributed by atoms with E-state index in [9.17, 15) is 0 Å². The van der Waals surface area contributed by atoms with Gasteiger partial charge in [-0.05, 0) is 68.3 Å². The predicted molar refractivity (Wildman–Crippen MR) is 83.8 cm³/mol. The predicted octanol–water partition coefficient (Wildman–Crippen LogP) is 3.71. The van der Waals surface area contributed by atoms with E-state index >= 15 is 0 Å². The van der Waals surface area contributed by atoms with Crippen LogP contribution in [0.3, 0.4) is 0 Å². The summed E-state index contributed by atoms with van der Waals surface area (Å²) in [5.74, 6) is 3.09. The van der Waals surface area contributed by atoms with Crippen LogP contribution in [0.25, 0.3) is 0 Å². The average molecular weight is 340 g/mol. The number of piperidine rings is 1. The van der Waals surface area contributed by atoms with E-state index in [-0.39, 0.29) is 0 Å². The van der Waals surface area contributed by atoms with Crippen molar-refractivity contribution in [3.63, 3.8) is 0 Å². The van der Waals surface area contributed by atoms with Crippen molar-refractivity contribution in [1.29, 1.82) is 0 Å². The van der Waals surface area contributed by atoms with Gasteiger partial charge >= 0.3 is 0 Å². The van der Waals surface area contributed by atoms with Gasteiger partial charge in [-0.2, -0.15) is 0 Å². The third-order valence-electron chi connectivity index (χ3n) is 4.23. The Morgan fingerprint density at radius 2 is 1.90 bits per heavy atom. The molecule has 0 atom stereocenters. The minimum Gasteiger partial charge on any atom is -0.493 e. The first-order valence-electron chi connectivity index (χ1n) is 7.49. The van der Waals surface area contributed by atoms with Crippen LogP contribution in [0.5, 0.6) is 11.5 Å². The van der Waals surface area contributed by atoms with Gasteiger partial charge in [0.15, 0.2) is 11.5 Å².